The van der Waals surface area contributed by atoms with Crippen molar-refractivity contribution < 1.29 is 0 Å². The summed E-state index contributed by atoms with van der Waals surface area (Å²) in [7, 11) is 0. The van der Waals surface area contributed by atoms with E-state index in [-0.39, 0.29) is 0 Å². The third-order valence-corrected chi connectivity index (χ3v) is 7.21. The summed E-state index contributed by atoms with van der Waals surface area (Å²) in [6, 6.07) is 15.6. The molecule has 0 aliphatic rings. The molecule has 0 saturated carbocycles. The van der Waals surface area contributed by atoms with E-state index >= 15 is 0 Å². The smallest absolute Gasteiger partial charge is 0.0412 e. The molecule has 0 aliphatic heterocycles. The molecule has 0 aliphatic carbocycles. The molecule has 0 heterocycles. The maximum absolute atomic E-state index is 6.11. The molecule has 0 atom stereocenters. The van der Waals surface area contributed by atoms with Gasteiger partial charge in [-0.15, -0.1) is 0 Å². The Morgan fingerprint density at radius 1 is 0.464 bits per heavy atom. The van der Waals surface area contributed by atoms with E-state index in [1.165, 1.54) is 0 Å². The average molecular weight is 667 g/mol. The maximum atomic E-state index is 6.11. The first-order chi connectivity index (χ1) is 13.3. The lowest BCUT2D eigenvalue weighted by atomic mass is 10.1. The topological polar surface area (TPSA) is 0 Å². The monoisotopic (exact) mass is 662 g/mol. The Balaban J connectivity index is 1.94. The van der Waals surface area contributed by atoms with Gasteiger partial charge in [-0.2, -0.15) is 0 Å². The van der Waals surface area contributed by atoms with Gasteiger partial charge in [0.1, 0.15) is 0 Å². The first kappa shape index (κ1) is 22.3. The number of halogens is 6. The highest BCUT2D eigenvalue weighted by Gasteiger charge is 2.05. The molecule has 0 radical (unpaired) electrons. The highest BCUT2D eigenvalue weighted by Crippen LogP contribution is 2.31. The van der Waals surface area contributed by atoms with Crippen LogP contribution in [0.15, 0.2) is 66.4 Å². The highest BCUT2D eigenvalue weighted by atomic mass is 79.9. The van der Waals surface area contributed by atoms with E-state index in [2.05, 4.69) is 81.9 Å². The Morgan fingerprint density at radius 2 is 0.821 bits per heavy atom. The van der Waals surface area contributed by atoms with Gasteiger partial charge in [0.2, 0.25) is 0 Å². The zero-order chi connectivity index (χ0) is 20.3. The molecule has 6 heteroatoms. The van der Waals surface area contributed by atoms with Crippen LogP contribution in [0.4, 0.5) is 0 Å². The van der Waals surface area contributed by atoms with E-state index in [0.717, 1.165) is 40.1 Å². The Morgan fingerprint density at radius 3 is 1.21 bits per heavy atom. The van der Waals surface area contributed by atoms with Crippen molar-refractivity contribution in [3.8, 4) is 0 Å². The Hall–Kier alpha value is -0.360. The molecular weight excluding hydrogens is 655 g/mol. The second-order valence-electron chi connectivity index (χ2n) is 5.89. The van der Waals surface area contributed by atoms with Gasteiger partial charge in [-0.3, -0.25) is 0 Å². The highest BCUT2D eigenvalue weighted by molar-refractivity contribution is 9.11. The van der Waals surface area contributed by atoms with Crippen molar-refractivity contribution in [2.24, 2.45) is 0 Å². The van der Waals surface area contributed by atoms with Gasteiger partial charge in [-0.05, 0) is 70.8 Å². The van der Waals surface area contributed by atoms with Crippen molar-refractivity contribution >= 4 is 111 Å². The second-order valence-corrected chi connectivity index (χ2v) is 10.2. The molecule has 0 amide bonds. The fraction of sp³-hybridized carbons (Fsp3) is 0. The van der Waals surface area contributed by atoms with Crippen LogP contribution in [0, 0.1) is 0 Å². The van der Waals surface area contributed by atoms with E-state index in [1.807, 2.05) is 54.6 Å². The standard InChI is InChI=1S/C22H12Br4Cl2/c23-19-7-5-17(27)10-15(19)3-1-13-9-14(22(26)12-21(13)25)2-4-16-11-18(28)6-8-20(16)24/h1-12H/b3-1-,4-2-. The molecule has 0 fully saturated rings. The molecule has 28 heavy (non-hydrogen) atoms. The SMILES string of the molecule is Clc1ccc(Br)c(/C=C\c2cc(/C=C\c3cc(Cl)ccc3Br)c(Br)cc2Br)c1. The number of benzene rings is 3. The first-order valence-electron chi connectivity index (χ1n) is 8.09. The Labute approximate surface area is 208 Å². The summed E-state index contributed by atoms with van der Waals surface area (Å²) >= 11 is 26.6. The predicted octanol–water partition coefficient (Wildman–Crippen LogP) is 10.4. The van der Waals surface area contributed by atoms with Crippen LogP contribution in [-0.2, 0) is 0 Å². The van der Waals surface area contributed by atoms with Crippen LogP contribution in [0.1, 0.15) is 22.3 Å². The van der Waals surface area contributed by atoms with Gasteiger partial charge in [-0.1, -0.05) is 111 Å². The van der Waals surface area contributed by atoms with Crippen molar-refractivity contribution in [1.82, 2.24) is 0 Å². The molecule has 3 aromatic carbocycles. The maximum Gasteiger partial charge on any atom is 0.0412 e. The van der Waals surface area contributed by atoms with Crippen LogP contribution in [0.2, 0.25) is 10.0 Å². The lowest BCUT2D eigenvalue weighted by Crippen LogP contribution is -1.83. The molecule has 0 N–H and O–H groups in total. The van der Waals surface area contributed by atoms with Crippen molar-refractivity contribution in [2.45, 2.75) is 0 Å². The van der Waals surface area contributed by atoms with Crippen LogP contribution >= 0.6 is 86.9 Å². The van der Waals surface area contributed by atoms with Crippen LogP contribution < -0.4 is 0 Å². The van der Waals surface area contributed by atoms with Gasteiger partial charge in [0, 0.05) is 27.9 Å². The Bertz CT molecular complexity index is 1010. The number of hydrogen-bond acceptors (Lipinski definition) is 0. The summed E-state index contributed by atoms with van der Waals surface area (Å²) in [6.07, 6.45) is 8.18. The predicted molar refractivity (Wildman–Crippen MR) is 138 cm³/mol. The van der Waals surface area contributed by atoms with E-state index in [1.54, 1.807) is 0 Å². The molecule has 0 nitrogen and oxygen atoms in total. The van der Waals surface area contributed by atoms with Crippen LogP contribution in [0.5, 0.6) is 0 Å². The molecule has 0 spiro atoms. The van der Waals surface area contributed by atoms with E-state index in [4.69, 9.17) is 23.2 Å². The lowest BCUT2D eigenvalue weighted by Gasteiger charge is -2.06. The molecule has 0 unspecified atom stereocenters. The molecule has 0 aromatic heterocycles. The lowest BCUT2D eigenvalue weighted by molar-refractivity contribution is 1.52. The summed E-state index contributed by atoms with van der Waals surface area (Å²) in [5.74, 6) is 0. The second kappa shape index (κ2) is 10.1. The Kier molecular flexibility index (Phi) is 8.05. The quantitative estimate of drug-likeness (QED) is 0.243. The van der Waals surface area contributed by atoms with Gasteiger partial charge in [0.15, 0.2) is 0 Å². The van der Waals surface area contributed by atoms with Crippen LogP contribution in [0.25, 0.3) is 24.3 Å². The third-order valence-electron chi connectivity index (χ3n) is 3.92. The average Bonchev–Trinajstić information content (AvgIpc) is 2.65. The molecule has 0 bridgehead atoms. The minimum atomic E-state index is 0.702. The summed E-state index contributed by atoms with van der Waals surface area (Å²) in [4.78, 5) is 0. The minimum Gasteiger partial charge on any atom is -0.0843 e. The van der Waals surface area contributed by atoms with Gasteiger partial charge >= 0.3 is 0 Å². The van der Waals surface area contributed by atoms with Gasteiger partial charge in [0.05, 0.1) is 0 Å². The zero-order valence-corrected chi connectivity index (χ0v) is 22.1. The summed E-state index contributed by atoms with van der Waals surface area (Å²) in [5, 5.41) is 1.40. The minimum absolute atomic E-state index is 0.702. The molecule has 0 saturated heterocycles. The van der Waals surface area contributed by atoms with E-state index in [9.17, 15) is 0 Å². The van der Waals surface area contributed by atoms with E-state index in [0.29, 0.717) is 10.0 Å². The third kappa shape index (κ3) is 5.84. The molecule has 3 aromatic rings. The fourth-order valence-corrected chi connectivity index (χ4v) is 4.86. The first-order valence-corrected chi connectivity index (χ1v) is 12.0. The van der Waals surface area contributed by atoms with Crippen molar-refractivity contribution in [3.05, 3.63) is 98.7 Å². The fourth-order valence-electron chi connectivity index (χ4n) is 2.48. The van der Waals surface area contributed by atoms with Crippen LogP contribution in [0.3, 0.4) is 0 Å². The van der Waals surface area contributed by atoms with Crippen molar-refractivity contribution in [2.75, 3.05) is 0 Å². The van der Waals surface area contributed by atoms with Crippen molar-refractivity contribution in [3.63, 3.8) is 0 Å². The summed E-state index contributed by atoms with van der Waals surface area (Å²) < 4.78 is 3.98. The molecule has 142 valence electrons. The van der Waals surface area contributed by atoms with Crippen molar-refractivity contribution in [1.29, 1.82) is 0 Å². The molecular formula is C22H12Br4Cl2. The van der Waals surface area contributed by atoms with Gasteiger partial charge in [-0.25, -0.2) is 0 Å². The summed E-state index contributed by atoms with van der Waals surface area (Å²) in [5.41, 5.74) is 4.14. The number of rotatable bonds is 4. The van der Waals surface area contributed by atoms with Crippen LogP contribution in [-0.4, -0.2) is 0 Å². The molecule has 3 rings (SSSR count). The normalized spacial score (nSPS) is 11.6. The van der Waals surface area contributed by atoms with Gasteiger partial charge < -0.3 is 0 Å². The van der Waals surface area contributed by atoms with E-state index < -0.39 is 0 Å². The zero-order valence-electron chi connectivity index (χ0n) is 14.2. The van der Waals surface area contributed by atoms with Gasteiger partial charge in [0.25, 0.3) is 0 Å². The summed E-state index contributed by atoms with van der Waals surface area (Å²) in [6.45, 7) is 0. The largest absolute Gasteiger partial charge is 0.0843 e. The number of hydrogen-bond donors (Lipinski definition) is 0.